The van der Waals surface area contributed by atoms with Crippen LogP contribution < -0.4 is 0 Å². The monoisotopic (exact) mass is 493 g/mol. The van der Waals surface area contributed by atoms with Crippen molar-refractivity contribution in [3.8, 4) is 0 Å². The standard InChI is InChI=1S/C22H27N3O4S3/c26-19-13-17(14-24(19)15-18-3-1-11-30-18)21(27)23-8-5-22(16-23)6-9-25(10-7-22)32(28,29)20-4-2-12-31-20/h1-4,11-12,17H,5-10,13-16H2. The minimum absolute atomic E-state index is 0.00357. The molecule has 0 saturated carbocycles. The smallest absolute Gasteiger partial charge is 0.252 e. The fraction of sp³-hybridized carbons (Fsp3) is 0.545. The zero-order chi connectivity index (χ0) is 22.3. The van der Waals surface area contributed by atoms with Crippen molar-refractivity contribution in [2.75, 3.05) is 32.7 Å². The molecule has 1 spiro atoms. The van der Waals surface area contributed by atoms with Gasteiger partial charge in [-0.05, 0) is 47.6 Å². The van der Waals surface area contributed by atoms with Crippen LogP contribution in [-0.4, -0.2) is 67.1 Å². The van der Waals surface area contributed by atoms with E-state index < -0.39 is 10.0 Å². The molecule has 0 aromatic carbocycles. The average Bonchev–Trinajstić information content (AvgIpc) is 3.57. The Morgan fingerprint density at radius 3 is 2.47 bits per heavy atom. The maximum absolute atomic E-state index is 13.2. The molecule has 0 radical (unpaired) electrons. The first-order valence-corrected chi connectivity index (χ1v) is 14.2. The highest BCUT2D eigenvalue weighted by molar-refractivity contribution is 7.91. The fourth-order valence-electron chi connectivity index (χ4n) is 5.21. The van der Waals surface area contributed by atoms with Gasteiger partial charge in [0, 0.05) is 44.0 Å². The van der Waals surface area contributed by atoms with Crippen molar-refractivity contribution >= 4 is 44.5 Å². The summed E-state index contributed by atoms with van der Waals surface area (Å²) in [6.45, 7) is 3.45. The van der Waals surface area contributed by atoms with Gasteiger partial charge < -0.3 is 9.80 Å². The number of piperidine rings is 1. The number of hydrogen-bond donors (Lipinski definition) is 0. The number of carbonyl (C=O) groups is 2. The molecule has 5 rings (SSSR count). The summed E-state index contributed by atoms with van der Waals surface area (Å²) in [7, 11) is -3.41. The zero-order valence-corrected chi connectivity index (χ0v) is 20.3. The van der Waals surface area contributed by atoms with Crippen molar-refractivity contribution in [1.29, 1.82) is 0 Å². The van der Waals surface area contributed by atoms with E-state index in [2.05, 4.69) is 0 Å². The molecule has 172 valence electrons. The minimum Gasteiger partial charge on any atom is -0.342 e. The van der Waals surface area contributed by atoms with Crippen LogP contribution in [0.2, 0.25) is 0 Å². The summed E-state index contributed by atoms with van der Waals surface area (Å²) in [5, 5.41) is 3.78. The molecule has 0 N–H and O–H groups in total. The second-order valence-corrected chi connectivity index (χ2v) is 13.2. The van der Waals surface area contributed by atoms with Crippen LogP contribution >= 0.6 is 22.7 Å². The predicted octanol–water partition coefficient (Wildman–Crippen LogP) is 2.86. The third-order valence-electron chi connectivity index (χ3n) is 7.11. The van der Waals surface area contributed by atoms with Gasteiger partial charge in [-0.1, -0.05) is 12.1 Å². The summed E-state index contributed by atoms with van der Waals surface area (Å²) in [5.74, 6) is -0.132. The van der Waals surface area contributed by atoms with Crippen LogP contribution in [0, 0.1) is 11.3 Å². The van der Waals surface area contributed by atoms with E-state index in [0.29, 0.717) is 49.9 Å². The minimum atomic E-state index is -3.41. The van der Waals surface area contributed by atoms with Gasteiger partial charge in [0.25, 0.3) is 10.0 Å². The van der Waals surface area contributed by atoms with Crippen LogP contribution in [0.4, 0.5) is 0 Å². The van der Waals surface area contributed by atoms with Gasteiger partial charge in [0.15, 0.2) is 0 Å². The molecule has 32 heavy (non-hydrogen) atoms. The molecule has 3 aliphatic heterocycles. The van der Waals surface area contributed by atoms with E-state index in [4.69, 9.17) is 0 Å². The quantitative estimate of drug-likeness (QED) is 0.642. The molecule has 2 amide bonds. The Balaban J connectivity index is 1.17. The normalized spacial score (nSPS) is 24.0. The van der Waals surface area contributed by atoms with Crippen LogP contribution in [0.1, 0.15) is 30.6 Å². The first kappa shape index (κ1) is 22.1. The largest absolute Gasteiger partial charge is 0.342 e. The highest BCUT2D eigenvalue weighted by Gasteiger charge is 2.46. The molecule has 2 aromatic heterocycles. The van der Waals surface area contributed by atoms with Crippen LogP contribution in [-0.2, 0) is 26.2 Å². The number of amides is 2. The first-order chi connectivity index (χ1) is 15.4. The van der Waals surface area contributed by atoms with E-state index in [1.54, 1.807) is 38.1 Å². The van der Waals surface area contributed by atoms with Crippen molar-refractivity contribution in [3.63, 3.8) is 0 Å². The van der Waals surface area contributed by atoms with E-state index in [1.807, 2.05) is 22.4 Å². The Morgan fingerprint density at radius 2 is 1.78 bits per heavy atom. The average molecular weight is 494 g/mol. The first-order valence-electron chi connectivity index (χ1n) is 11.0. The third-order valence-corrected chi connectivity index (χ3v) is 11.2. The van der Waals surface area contributed by atoms with E-state index in [1.165, 1.54) is 11.3 Å². The van der Waals surface area contributed by atoms with Crippen molar-refractivity contribution in [2.24, 2.45) is 11.3 Å². The molecule has 1 atom stereocenters. The van der Waals surface area contributed by atoms with Gasteiger partial charge in [-0.15, -0.1) is 22.7 Å². The number of hydrogen-bond acceptors (Lipinski definition) is 6. The Labute approximate surface area is 196 Å². The van der Waals surface area contributed by atoms with E-state index >= 15 is 0 Å². The summed E-state index contributed by atoms with van der Waals surface area (Å²) in [5.41, 5.74) is -0.00357. The molecule has 3 fully saturated rings. The molecule has 1 unspecified atom stereocenters. The Kier molecular flexibility index (Phi) is 5.90. The van der Waals surface area contributed by atoms with Gasteiger partial charge in [-0.2, -0.15) is 4.31 Å². The summed E-state index contributed by atoms with van der Waals surface area (Å²) in [6, 6.07) is 7.41. The lowest BCUT2D eigenvalue weighted by atomic mass is 9.78. The second-order valence-electron chi connectivity index (χ2n) is 9.10. The number of carbonyl (C=O) groups excluding carboxylic acids is 2. The lowest BCUT2D eigenvalue weighted by molar-refractivity contribution is -0.135. The van der Waals surface area contributed by atoms with E-state index in [0.717, 1.165) is 24.1 Å². The van der Waals surface area contributed by atoms with Gasteiger partial charge in [-0.3, -0.25) is 9.59 Å². The molecule has 2 aromatic rings. The number of nitrogens with zero attached hydrogens (tertiary/aromatic N) is 3. The maximum Gasteiger partial charge on any atom is 0.252 e. The van der Waals surface area contributed by atoms with E-state index in [-0.39, 0.29) is 23.1 Å². The lowest BCUT2D eigenvalue weighted by Crippen LogP contribution is -2.45. The second kappa shape index (κ2) is 8.55. The Hall–Kier alpha value is -1.75. The van der Waals surface area contributed by atoms with Gasteiger partial charge in [0.2, 0.25) is 11.8 Å². The lowest BCUT2D eigenvalue weighted by Gasteiger charge is -2.38. The molecule has 3 saturated heterocycles. The number of thiophene rings is 2. The molecule has 5 heterocycles. The molecule has 7 nitrogen and oxygen atoms in total. The Morgan fingerprint density at radius 1 is 1.06 bits per heavy atom. The summed E-state index contributed by atoms with van der Waals surface area (Å²) >= 11 is 2.88. The van der Waals surface area contributed by atoms with E-state index in [9.17, 15) is 18.0 Å². The maximum atomic E-state index is 13.2. The fourth-order valence-corrected chi connectivity index (χ4v) is 8.51. The number of rotatable bonds is 5. The molecule has 10 heteroatoms. The van der Waals surface area contributed by atoms with Crippen LogP contribution in [0.3, 0.4) is 0 Å². The van der Waals surface area contributed by atoms with Gasteiger partial charge in [-0.25, -0.2) is 8.42 Å². The molecular weight excluding hydrogens is 466 g/mol. The number of likely N-dealkylation sites (tertiary alicyclic amines) is 2. The van der Waals surface area contributed by atoms with Crippen LogP contribution in [0.5, 0.6) is 0 Å². The SMILES string of the molecule is O=C1CC(C(=O)N2CCC3(CCN(S(=O)(=O)c4cccs4)CC3)C2)CN1Cc1cccs1. The highest BCUT2D eigenvalue weighted by Crippen LogP contribution is 2.42. The summed E-state index contributed by atoms with van der Waals surface area (Å²) < 4.78 is 27.6. The number of sulfonamides is 1. The third kappa shape index (κ3) is 4.13. The van der Waals surface area contributed by atoms with Crippen LogP contribution in [0.25, 0.3) is 0 Å². The molecule has 3 aliphatic rings. The highest BCUT2D eigenvalue weighted by atomic mass is 32.2. The molecule has 0 aliphatic carbocycles. The van der Waals surface area contributed by atoms with Gasteiger partial charge in [0.05, 0.1) is 12.5 Å². The van der Waals surface area contributed by atoms with Gasteiger partial charge in [0.1, 0.15) is 4.21 Å². The van der Waals surface area contributed by atoms with Crippen molar-refractivity contribution < 1.29 is 18.0 Å². The predicted molar refractivity (Wildman–Crippen MR) is 124 cm³/mol. The zero-order valence-electron chi connectivity index (χ0n) is 17.8. The topological polar surface area (TPSA) is 78.0 Å². The van der Waals surface area contributed by atoms with Gasteiger partial charge >= 0.3 is 0 Å². The van der Waals surface area contributed by atoms with Crippen molar-refractivity contribution in [3.05, 3.63) is 39.9 Å². The summed E-state index contributed by atoms with van der Waals surface area (Å²) in [6.07, 6.45) is 2.75. The van der Waals surface area contributed by atoms with Crippen molar-refractivity contribution in [2.45, 2.75) is 36.4 Å². The summed E-state index contributed by atoms with van der Waals surface area (Å²) in [4.78, 5) is 30.5. The van der Waals surface area contributed by atoms with Crippen molar-refractivity contribution in [1.82, 2.24) is 14.1 Å². The Bertz CT molecular complexity index is 1070. The molecular formula is C22H27N3O4S3. The van der Waals surface area contributed by atoms with Crippen LogP contribution in [0.15, 0.2) is 39.2 Å². The molecule has 0 bridgehead atoms.